The number of H-pyrrole nitrogens is 1. The van der Waals surface area contributed by atoms with Gasteiger partial charge in [0, 0.05) is 26.6 Å². The number of amides is 1. The van der Waals surface area contributed by atoms with Crippen LogP contribution in [-0.4, -0.2) is 10.9 Å². The van der Waals surface area contributed by atoms with Gasteiger partial charge in [-0.1, -0.05) is 34.1 Å². The Labute approximate surface area is 143 Å². The van der Waals surface area contributed by atoms with Crippen molar-refractivity contribution in [3.05, 3.63) is 69.8 Å². The van der Waals surface area contributed by atoms with Gasteiger partial charge in [-0.15, -0.1) is 0 Å². The number of hydrogen-bond donors (Lipinski definition) is 2. The Morgan fingerprint density at radius 3 is 2.83 bits per heavy atom. The van der Waals surface area contributed by atoms with E-state index in [2.05, 4.69) is 38.4 Å². The Balaban J connectivity index is 1.68. The fraction of sp³-hybridized carbons (Fsp3) is 0.211. The first-order chi connectivity index (χ1) is 11.2. The van der Waals surface area contributed by atoms with Gasteiger partial charge in [0.15, 0.2) is 0 Å². The smallest absolute Gasteiger partial charge is 0.251 e. The van der Waals surface area contributed by atoms with E-state index in [1.165, 1.54) is 10.9 Å². The van der Waals surface area contributed by atoms with Crippen LogP contribution in [0.2, 0.25) is 0 Å². The molecule has 3 aromatic rings. The number of nitrogens with one attached hydrogen (secondary N) is 2. The molecule has 1 aromatic heterocycles. The first-order valence-electron chi connectivity index (χ1n) is 7.88. The third-order valence-electron chi connectivity index (χ3n) is 4.51. The van der Waals surface area contributed by atoms with Crippen LogP contribution in [0, 0.1) is 0 Å². The summed E-state index contributed by atoms with van der Waals surface area (Å²) in [6, 6.07) is 15.7. The van der Waals surface area contributed by atoms with Crippen molar-refractivity contribution >= 4 is 32.7 Å². The summed E-state index contributed by atoms with van der Waals surface area (Å²) in [6.45, 7) is 0. The first-order valence-corrected chi connectivity index (χ1v) is 8.67. The van der Waals surface area contributed by atoms with Crippen molar-refractivity contribution in [2.24, 2.45) is 0 Å². The van der Waals surface area contributed by atoms with Crippen LogP contribution in [0.3, 0.4) is 0 Å². The highest BCUT2D eigenvalue weighted by Crippen LogP contribution is 2.35. The molecule has 1 aliphatic rings. The van der Waals surface area contributed by atoms with Gasteiger partial charge in [0.2, 0.25) is 0 Å². The van der Waals surface area contributed by atoms with E-state index in [-0.39, 0.29) is 11.9 Å². The Morgan fingerprint density at radius 1 is 1.17 bits per heavy atom. The lowest BCUT2D eigenvalue weighted by molar-refractivity contribution is 0.0932. The molecule has 116 valence electrons. The molecule has 1 aliphatic carbocycles. The third-order valence-corrected chi connectivity index (χ3v) is 5.00. The summed E-state index contributed by atoms with van der Waals surface area (Å²) in [4.78, 5) is 16.0. The second-order valence-electron chi connectivity index (χ2n) is 5.99. The summed E-state index contributed by atoms with van der Waals surface area (Å²) >= 11 is 3.55. The topological polar surface area (TPSA) is 44.9 Å². The molecule has 1 heterocycles. The Bertz CT molecular complexity index is 870. The van der Waals surface area contributed by atoms with E-state index in [1.807, 2.05) is 36.4 Å². The van der Waals surface area contributed by atoms with Gasteiger partial charge >= 0.3 is 0 Å². The molecule has 0 saturated carbocycles. The maximum absolute atomic E-state index is 12.5. The van der Waals surface area contributed by atoms with Crippen molar-refractivity contribution in [2.75, 3.05) is 0 Å². The van der Waals surface area contributed by atoms with Crippen molar-refractivity contribution in [2.45, 2.75) is 25.3 Å². The number of halogens is 1. The fourth-order valence-electron chi connectivity index (χ4n) is 3.41. The van der Waals surface area contributed by atoms with Crippen LogP contribution in [0.15, 0.2) is 53.0 Å². The lowest BCUT2D eigenvalue weighted by atomic mass is 9.91. The summed E-state index contributed by atoms with van der Waals surface area (Å²) in [5.41, 5.74) is 4.34. The molecule has 0 spiro atoms. The largest absolute Gasteiger partial charge is 0.356 e. The van der Waals surface area contributed by atoms with Gasteiger partial charge in [-0.3, -0.25) is 4.79 Å². The van der Waals surface area contributed by atoms with Gasteiger partial charge in [-0.2, -0.15) is 0 Å². The van der Waals surface area contributed by atoms with Gasteiger partial charge in [-0.05, 0) is 55.2 Å². The zero-order chi connectivity index (χ0) is 15.8. The van der Waals surface area contributed by atoms with Crippen molar-refractivity contribution < 1.29 is 4.79 Å². The van der Waals surface area contributed by atoms with E-state index in [0.717, 1.165) is 34.9 Å². The fourth-order valence-corrected chi connectivity index (χ4v) is 3.77. The molecular weight excluding hydrogens is 352 g/mol. The van der Waals surface area contributed by atoms with Crippen LogP contribution < -0.4 is 5.32 Å². The van der Waals surface area contributed by atoms with Gasteiger partial charge in [-0.25, -0.2) is 0 Å². The standard InChI is InChI=1S/C19H17BrN2O/c20-13-9-10-16-15(11-13)14-7-4-8-17(18(14)21-16)22-19(23)12-5-2-1-3-6-12/h1-3,5-6,9-11,17,21H,4,7-8H2,(H,22,23)/t17-/m0/s1. The molecule has 4 rings (SSSR count). The lowest BCUT2D eigenvalue weighted by Crippen LogP contribution is -2.31. The minimum atomic E-state index is -0.0108. The number of carbonyl (C=O) groups excluding carboxylic acids is 1. The zero-order valence-corrected chi connectivity index (χ0v) is 14.2. The zero-order valence-electron chi connectivity index (χ0n) is 12.6. The molecule has 2 aromatic carbocycles. The predicted molar refractivity (Wildman–Crippen MR) is 95.6 cm³/mol. The summed E-state index contributed by atoms with van der Waals surface area (Å²) in [5, 5.41) is 4.44. The molecule has 0 aliphatic heterocycles. The van der Waals surface area contributed by atoms with Crippen LogP contribution in [0.1, 0.15) is 40.5 Å². The van der Waals surface area contributed by atoms with Gasteiger partial charge in [0.05, 0.1) is 6.04 Å². The summed E-state index contributed by atoms with van der Waals surface area (Å²) in [5.74, 6) is -0.0108. The maximum atomic E-state index is 12.5. The van der Waals surface area contributed by atoms with E-state index < -0.39 is 0 Å². The van der Waals surface area contributed by atoms with E-state index in [4.69, 9.17) is 0 Å². The van der Waals surface area contributed by atoms with Crippen molar-refractivity contribution in [1.29, 1.82) is 0 Å². The molecule has 0 fully saturated rings. The van der Waals surface area contributed by atoms with Crippen LogP contribution in [0.25, 0.3) is 10.9 Å². The summed E-state index contributed by atoms with van der Waals surface area (Å²) in [6.07, 6.45) is 3.12. The van der Waals surface area contributed by atoms with Crippen LogP contribution >= 0.6 is 15.9 Å². The van der Waals surface area contributed by atoms with E-state index in [0.29, 0.717) is 5.56 Å². The Morgan fingerprint density at radius 2 is 2.00 bits per heavy atom. The number of benzene rings is 2. The van der Waals surface area contributed by atoms with Crippen LogP contribution in [-0.2, 0) is 6.42 Å². The molecule has 23 heavy (non-hydrogen) atoms. The number of fused-ring (bicyclic) bond motifs is 3. The average Bonchev–Trinajstić information content (AvgIpc) is 2.95. The maximum Gasteiger partial charge on any atom is 0.251 e. The predicted octanol–water partition coefficient (Wildman–Crippen LogP) is 4.74. The second kappa shape index (κ2) is 5.85. The van der Waals surface area contributed by atoms with E-state index in [9.17, 15) is 4.79 Å². The van der Waals surface area contributed by atoms with Crippen molar-refractivity contribution in [3.63, 3.8) is 0 Å². The first kappa shape index (κ1) is 14.5. The summed E-state index contributed by atoms with van der Waals surface area (Å²) < 4.78 is 1.09. The molecule has 4 heteroatoms. The molecule has 0 radical (unpaired) electrons. The number of rotatable bonds is 2. The van der Waals surface area contributed by atoms with Gasteiger partial charge in [0.25, 0.3) is 5.91 Å². The Kier molecular flexibility index (Phi) is 3.69. The highest BCUT2D eigenvalue weighted by Gasteiger charge is 2.25. The van der Waals surface area contributed by atoms with E-state index in [1.54, 1.807) is 0 Å². The van der Waals surface area contributed by atoms with Gasteiger partial charge in [0.1, 0.15) is 0 Å². The monoisotopic (exact) mass is 368 g/mol. The lowest BCUT2D eigenvalue weighted by Gasteiger charge is -2.24. The number of carbonyl (C=O) groups is 1. The number of aryl methyl sites for hydroxylation is 1. The highest BCUT2D eigenvalue weighted by atomic mass is 79.9. The minimum Gasteiger partial charge on any atom is -0.356 e. The van der Waals surface area contributed by atoms with Crippen LogP contribution in [0.5, 0.6) is 0 Å². The molecule has 0 unspecified atom stereocenters. The normalized spacial score (nSPS) is 17.0. The molecule has 3 nitrogen and oxygen atoms in total. The van der Waals surface area contributed by atoms with Crippen molar-refractivity contribution in [3.8, 4) is 0 Å². The van der Waals surface area contributed by atoms with E-state index >= 15 is 0 Å². The number of aromatic amines is 1. The summed E-state index contributed by atoms with van der Waals surface area (Å²) in [7, 11) is 0. The minimum absolute atomic E-state index is 0.0108. The molecule has 0 saturated heterocycles. The van der Waals surface area contributed by atoms with Gasteiger partial charge < -0.3 is 10.3 Å². The third kappa shape index (κ3) is 2.68. The Hall–Kier alpha value is -2.07. The molecule has 1 amide bonds. The number of hydrogen-bond acceptors (Lipinski definition) is 1. The molecule has 1 atom stereocenters. The SMILES string of the molecule is O=C(N[C@H]1CCCc2c1[nH]c1ccc(Br)cc21)c1ccccc1. The average molecular weight is 369 g/mol. The highest BCUT2D eigenvalue weighted by molar-refractivity contribution is 9.10. The van der Waals surface area contributed by atoms with Crippen molar-refractivity contribution in [1.82, 2.24) is 10.3 Å². The molecular formula is C19H17BrN2O. The molecule has 0 bridgehead atoms. The van der Waals surface area contributed by atoms with Crippen LogP contribution in [0.4, 0.5) is 0 Å². The number of aromatic nitrogens is 1. The quantitative estimate of drug-likeness (QED) is 0.674. The molecule has 2 N–H and O–H groups in total. The second-order valence-corrected chi connectivity index (χ2v) is 6.91.